The van der Waals surface area contributed by atoms with Crippen LogP contribution in [-0.2, 0) is 9.59 Å². The highest BCUT2D eigenvalue weighted by atomic mass is 32.2. The minimum Gasteiger partial charge on any atom is -0.481 e. The fourth-order valence-corrected chi connectivity index (χ4v) is 2.74. The first-order valence-corrected chi connectivity index (χ1v) is 6.87. The van der Waals surface area contributed by atoms with E-state index >= 15 is 0 Å². The van der Waals surface area contributed by atoms with E-state index in [0.717, 1.165) is 5.75 Å². The lowest BCUT2D eigenvalue weighted by Crippen LogP contribution is -2.35. The fraction of sp³-hybridized carbons (Fsp3) is 0.818. The Hall–Kier alpha value is -0.710. The summed E-state index contributed by atoms with van der Waals surface area (Å²) in [5.41, 5.74) is 0. The maximum Gasteiger partial charge on any atom is 0.308 e. The van der Waals surface area contributed by atoms with Crippen LogP contribution >= 0.6 is 11.8 Å². The molecule has 1 N–H and O–H groups in total. The summed E-state index contributed by atoms with van der Waals surface area (Å²) in [5.74, 6) is -0.269. The summed E-state index contributed by atoms with van der Waals surface area (Å²) in [6, 6.07) is 0. The Labute approximate surface area is 100 Å². The largest absolute Gasteiger partial charge is 0.481 e. The Morgan fingerprint density at radius 2 is 2.12 bits per heavy atom. The van der Waals surface area contributed by atoms with E-state index in [0.29, 0.717) is 13.1 Å². The fourth-order valence-electron chi connectivity index (χ4n) is 2.10. The van der Waals surface area contributed by atoms with Gasteiger partial charge in [-0.05, 0) is 12.2 Å². The monoisotopic (exact) mass is 245 g/mol. The molecule has 0 bridgehead atoms. The number of carbonyl (C=O) groups is 2. The molecule has 1 aliphatic rings. The van der Waals surface area contributed by atoms with Gasteiger partial charge in [-0.2, -0.15) is 11.8 Å². The molecule has 0 aromatic rings. The second-order valence-corrected chi connectivity index (χ2v) is 5.43. The van der Waals surface area contributed by atoms with Gasteiger partial charge in [0.1, 0.15) is 0 Å². The lowest BCUT2D eigenvalue weighted by molar-refractivity contribution is -0.142. The lowest BCUT2D eigenvalue weighted by Gasteiger charge is -2.20. The van der Waals surface area contributed by atoms with E-state index < -0.39 is 11.9 Å². The number of likely N-dealkylation sites (tertiary alicyclic amines) is 1. The van der Waals surface area contributed by atoms with E-state index in [4.69, 9.17) is 5.11 Å². The van der Waals surface area contributed by atoms with Crippen molar-refractivity contribution in [2.45, 2.75) is 13.8 Å². The molecule has 3 atom stereocenters. The Kier molecular flexibility index (Phi) is 4.65. The zero-order valence-electron chi connectivity index (χ0n) is 9.97. The highest BCUT2D eigenvalue weighted by Gasteiger charge is 2.37. The minimum atomic E-state index is -0.791. The average molecular weight is 245 g/mol. The molecule has 0 aromatic carbocycles. The Balaban J connectivity index is 2.58. The molecule has 16 heavy (non-hydrogen) atoms. The molecule has 1 unspecified atom stereocenters. The van der Waals surface area contributed by atoms with Crippen LogP contribution in [0.15, 0.2) is 0 Å². The Morgan fingerprint density at radius 3 is 2.56 bits per heavy atom. The molecule has 1 saturated heterocycles. The maximum absolute atomic E-state index is 12.0. The molecular weight excluding hydrogens is 226 g/mol. The minimum absolute atomic E-state index is 0.0188. The van der Waals surface area contributed by atoms with Crippen molar-refractivity contribution in [3.05, 3.63) is 0 Å². The van der Waals surface area contributed by atoms with Gasteiger partial charge in [0, 0.05) is 24.8 Å². The van der Waals surface area contributed by atoms with Gasteiger partial charge in [0.15, 0.2) is 0 Å². The van der Waals surface area contributed by atoms with Crippen molar-refractivity contribution < 1.29 is 14.7 Å². The van der Waals surface area contributed by atoms with Crippen LogP contribution in [0.4, 0.5) is 0 Å². The maximum atomic E-state index is 12.0. The predicted molar refractivity (Wildman–Crippen MR) is 64.4 cm³/mol. The van der Waals surface area contributed by atoms with E-state index in [2.05, 4.69) is 0 Å². The van der Waals surface area contributed by atoms with Crippen LogP contribution in [0.2, 0.25) is 0 Å². The number of carboxylic acid groups (broad SMARTS) is 1. The summed E-state index contributed by atoms with van der Waals surface area (Å²) < 4.78 is 0. The molecular formula is C11H19NO3S. The van der Waals surface area contributed by atoms with Crippen LogP contribution in [0.3, 0.4) is 0 Å². The first kappa shape index (κ1) is 13.4. The van der Waals surface area contributed by atoms with Gasteiger partial charge in [0.2, 0.25) is 5.91 Å². The number of thioether (sulfide) groups is 1. The SMILES string of the molecule is CSCC(C)C(=O)N1C[C@@H](C)[C@H](C(=O)O)C1. The van der Waals surface area contributed by atoms with Crippen molar-refractivity contribution in [1.29, 1.82) is 0 Å². The molecule has 92 valence electrons. The van der Waals surface area contributed by atoms with Gasteiger partial charge in [-0.15, -0.1) is 0 Å². The third-order valence-corrected chi connectivity index (χ3v) is 3.91. The topological polar surface area (TPSA) is 57.6 Å². The number of aliphatic carboxylic acids is 1. The molecule has 4 nitrogen and oxygen atoms in total. The summed E-state index contributed by atoms with van der Waals surface area (Å²) in [6.45, 7) is 4.74. The lowest BCUT2D eigenvalue weighted by atomic mass is 9.99. The van der Waals surface area contributed by atoms with Gasteiger partial charge in [-0.25, -0.2) is 0 Å². The molecule has 1 fully saturated rings. The summed E-state index contributed by atoms with van der Waals surface area (Å²) in [5, 5.41) is 8.98. The standard InChI is InChI=1S/C11H19NO3S/c1-7-4-12(5-9(7)11(14)15)10(13)8(2)6-16-3/h7-9H,4-6H2,1-3H3,(H,14,15)/t7-,8?,9-/m1/s1. The predicted octanol–water partition coefficient (Wildman–Crippen LogP) is 1.16. The highest BCUT2D eigenvalue weighted by molar-refractivity contribution is 7.98. The van der Waals surface area contributed by atoms with Crippen molar-refractivity contribution in [3.8, 4) is 0 Å². The quantitative estimate of drug-likeness (QED) is 0.807. The molecule has 0 aromatic heterocycles. The van der Waals surface area contributed by atoms with Crippen LogP contribution in [0, 0.1) is 17.8 Å². The molecule has 1 rings (SSSR count). The van der Waals surface area contributed by atoms with Crippen LogP contribution in [0.5, 0.6) is 0 Å². The van der Waals surface area contributed by atoms with Crippen molar-refractivity contribution in [2.75, 3.05) is 25.1 Å². The first-order valence-electron chi connectivity index (χ1n) is 5.47. The van der Waals surface area contributed by atoms with E-state index in [-0.39, 0.29) is 17.7 Å². The number of carboxylic acids is 1. The Morgan fingerprint density at radius 1 is 1.50 bits per heavy atom. The summed E-state index contributed by atoms with van der Waals surface area (Å²) in [7, 11) is 0. The van der Waals surface area contributed by atoms with E-state index in [1.807, 2.05) is 20.1 Å². The van der Waals surface area contributed by atoms with Gasteiger partial charge < -0.3 is 10.0 Å². The summed E-state index contributed by atoms with van der Waals surface area (Å²) >= 11 is 1.64. The molecule has 0 aliphatic carbocycles. The Bertz CT molecular complexity index is 282. The molecule has 0 spiro atoms. The van der Waals surface area contributed by atoms with Gasteiger partial charge in [-0.3, -0.25) is 9.59 Å². The van der Waals surface area contributed by atoms with Crippen LogP contribution < -0.4 is 0 Å². The number of amides is 1. The van der Waals surface area contributed by atoms with Crippen molar-refractivity contribution >= 4 is 23.6 Å². The zero-order valence-corrected chi connectivity index (χ0v) is 10.8. The summed E-state index contributed by atoms with van der Waals surface area (Å²) in [6.07, 6.45) is 1.97. The van der Waals surface area contributed by atoms with Gasteiger partial charge in [-0.1, -0.05) is 13.8 Å². The molecule has 0 saturated carbocycles. The van der Waals surface area contributed by atoms with Crippen molar-refractivity contribution in [2.24, 2.45) is 17.8 Å². The van der Waals surface area contributed by atoms with Gasteiger partial charge in [0.25, 0.3) is 0 Å². The van der Waals surface area contributed by atoms with Crippen LogP contribution in [0.1, 0.15) is 13.8 Å². The molecule has 1 heterocycles. The number of hydrogen-bond acceptors (Lipinski definition) is 3. The van der Waals surface area contributed by atoms with Gasteiger partial charge >= 0.3 is 5.97 Å². The number of carbonyl (C=O) groups excluding carboxylic acids is 1. The number of nitrogens with zero attached hydrogens (tertiary/aromatic N) is 1. The second kappa shape index (κ2) is 5.57. The normalized spacial score (nSPS) is 26.8. The first-order chi connectivity index (χ1) is 7.47. The van der Waals surface area contributed by atoms with E-state index in [1.54, 1.807) is 16.7 Å². The van der Waals surface area contributed by atoms with Crippen molar-refractivity contribution in [1.82, 2.24) is 4.90 Å². The van der Waals surface area contributed by atoms with E-state index in [1.165, 1.54) is 0 Å². The highest BCUT2D eigenvalue weighted by Crippen LogP contribution is 2.25. The number of rotatable bonds is 4. The second-order valence-electron chi connectivity index (χ2n) is 4.52. The molecule has 1 aliphatic heterocycles. The van der Waals surface area contributed by atoms with Gasteiger partial charge in [0.05, 0.1) is 5.92 Å². The summed E-state index contributed by atoms with van der Waals surface area (Å²) in [4.78, 5) is 24.6. The molecule has 5 heteroatoms. The number of hydrogen-bond donors (Lipinski definition) is 1. The van der Waals surface area contributed by atoms with Crippen LogP contribution in [0.25, 0.3) is 0 Å². The average Bonchev–Trinajstić information content (AvgIpc) is 2.59. The molecule has 1 amide bonds. The third kappa shape index (κ3) is 2.90. The molecule has 0 radical (unpaired) electrons. The van der Waals surface area contributed by atoms with Crippen molar-refractivity contribution in [3.63, 3.8) is 0 Å². The van der Waals surface area contributed by atoms with E-state index in [9.17, 15) is 9.59 Å². The third-order valence-electron chi connectivity index (χ3n) is 3.08. The zero-order chi connectivity index (χ0) is 12.3. The van der Waals surface area contributed by atoms with Crippen LogP contribution in [-0.4, -0.2) is 47.0 Å². The smallest absolute Gasteiger partial charge is 0.308 e.